The van der Waals surface area contributed by atoms with Gasteiger partial charge in [0, 0.05) is 0 Å². The molecule has 2 aliphatic rings. The van der Waals surface area contributed by atoms with Gasteiger partial charge < -0.3 is 0 Å². The van der Waals surface area contributed by atoms with Crippen molar-refractivity contribution < 1.29 is 17.4 Å². The van der Waals surface area contributed by atoms with Crippen LogP contribution in [0.5, 0.6) is 0 Å². The molecule has 2 atom stereocenters. The van der Waals surface area contributed by atoms with Gasteiger partial charge >= 0.3 is 193 Å². The SMILES string of the molecule is CC1=C(C)C(C)[C]([Zr]([CH3])([CH3])(=[SiH2])[CH]2C(C(C)C)=C(c3ccccc3)c3ccccc32)=C1C. The van der Waals surface area contributed by atoms with Gasteiger partial charge in [0.25, 0.3) is 0 Å². The summed E-state index contributed by atoms with van der Waals surface area (Å²) in [6.07, 6.45) is 0. The molecule has 31 heavy (non-hydrogen) atoms. The fourth-order valence-electron chi connectivity index (χ4n) is 6.84. The quantitative estimate of drug-likeness (QED) is 0.372. The number of fused-ring (bicyclic) bond motifs is 1. The van der Waals surface area contributed by atoms with Gasteiger partial charge in [0.1, 0.15) is 0 Å². The monoisotopic (exact) mass is 504 g/mol. The fraction of sp³-hybridized carbons (Fsp3) is 0.379. The third kappa shape index (κ3) is 3.41. The molecule has 0 fully saturated rings. The molecule has 2 unspecified atom stereocenters. The van der Waals surface area contributed by atoms with E-state index in [1.165, 1.54) is 16.7 Å². The van der Waals surface area contributed by atoms with Crippen LogP contribution in [0.3, 0.4) is 0 Å². The summed E-state index contributed by atoms with van der Waals surface area (Å²) in [7, 11) is 0. The number of benzene rings is 2. The Morgan fingerprint density at radius 3 is 1.97 bits per heavy atom. The Hall–Kier alpha value is -1.24. The van der Waals surface area contributed by atoms with E-state index < -0.39 is 17.4 Å². The molecular weight excluding hydrogens is 468 g/mol. The summed E-state index contributed by atoms with van der Waals surface area (Å²) in [4.78, 5) is 0. The van der Waals surface area contributed by atoms with E-state index in [2.05, 4.69) is 112 Å². The molecule has 4 rings (SSSR count). The van der Waals surface area contributed by atoms with E-state index in [0.29, 0.717) is 15.5 Å². The van der Waals surface area contributed by atoms with Crippen LogP contribution in [-0.4, -0.2) is 6.88 Å². The average Bonchev–Trinajstić information content (AvgIpc) is 3.18. The summed E-state index contributed by atoms with van der Waals surface area (Å²) in [5, 5.41) is 0. The van der Waals surface area contributed by atoms with Gasteiger partial charge in [0.2, 0.25) is 0 Å². The second-order valence-electron chi connectivity index (χ2n) is 11.2. The van der Waals surface area contributed by atoms with Crippen LogP contribution in [0.2, 0.25) is 9.26 Å². The first-order valence-electron chi connectivity index (χ1n) is 11.8. The van der Waals surface area contributed by atoms with Crippen molar-refractivity contribution in [2.75, 3.05) is 0 Å². The van der Waals surface area contributed by atoms with Gasteiger partial charge in [-0.2, -0.15) is 0 Å². The van der Waals surface area contributed by atoms with Crippen LogP contribution in [0.1, 0.15) is 61.9 Å². The Kier molecular flexibility index (Phi) is 5.67. The Morgan fingerprint density at radius 1 is 0.839 bits per heavy atom. The maximum absolute atomic E-state index is 3.44. The van der Waals surface area contributed by atoms with Crippen LogP contribution in [-0.2, 0) is 17.4 Å². The molecule has 0 saturated carbocycles. The predicted octanol–water partition coefficient (Wildman–Crippen LogP) is 7.79. The topological polar surface area (TPSA) is 0 Å². The second kappa shape index (κ2) is 7.67. The normalized spacial score (nSPS) is 22.1. The van der Waals surface area contributed by atoms with Crippen LogP contribution in [0.15, 0.2) is 80.2 Å². The zero-order valence-electron chi connectivity index (χ0n) is 20.6. The van der Waals surface area contributed by atoms with Gasteiger partial charge in [-0.15, -0.1) is 0 Å². The van der Waals surface area contributed by atoms with E-state index in [0.717, 1.165) is 0 Å². The molecule has 0 nitrogen and oxygen atoms in total. The molecule has 0 heterocycles. The van der Waals surface area contributed by atoms with Crippen molar-refractivity contribution in [3.8, 4) is 0 Å². The van der Waals surface area contributed by atoms with Gasteiger partial charge in [-0.1, -0.05) is 0 Å². The van der Waals surface area contributed by atoms with E-state index in [1.54, 1.807) is 27.9 Å². The Bertz CT molecular complexity index is 1210. The first-order valence-corrected chi connectivity index (χ1v) is 25.3. The predicted molar refractivity (Wildman–Crippen MR) is 137 cm³/mol. The molecule has 0 aliphatic heterocycles. The van der Waals surface area contributed by atoms with Gasteiger partial charge in [0.15, 0.2) is 0 Å². The third-order valence-corrected chi connectivity index (χ3v) is 25.4. The van der Waals surface area contributed by atoms with Crippen LogP contribution in [0.4, 0.5) is 0 Å². The van der Waals surface area contributed by atoms with E-state index in [1.807, 2.05) is 3.28 Å². The first-order chi connectivity index (χ1) is 14.5. The Morgan fingerprint density at radius 2 is 1.42 bits per heavy atom. The number of allylic oxidation sites excluding steroid dienone is 5. The van der Waals surface area contributed by atoms with Crippen LogP contribution < -0.4 is 0 Å². The summed E-state index contributed by atoms with van der Waals surface area (Å²) in [5.74, 6) is 1.11. The summed E-state index contributed by atoms with van der Waals surface area (Å²) >= 11 is -3.44. The van der Waals surface area contributed by atoms with Crippen molar-refractivity contribution in [2.45, 2.75) is 54.4 Å². The zero-order chi connectivity index (χ0) is 22.7. The van der Waals surface area contributed by atoms with E-state index in [9.17, 15) is 0 Å². The molecule has 0 radical (unpaired) electrons. The molecule has 0 bridgehead atoms. The summed E-state index contributed by atoms with van der Waals surface area (Å²) in [5.41, 5.74) is 12.4. The maximum atomic E-state index is 2.73. The molecule has 162 valence electrons. The molecular formula is C29H38SiZr. The first kappa shape index (κ1) is 22.9. The molecule has 2 aromatic carbocycles. The number of hydrogen-bond donors (Lipinski definition) is 0. The van der Waals surface area contributed by atoms with Crippen molar-refractivity contribution in [3.05, 3.63) is 96.9 Å². The zero-order valence-corrected chi connectivity index (χ0v) is 24.5. The molecule has 0 N–H and O–H groups in total. The summed E-state index contributed by atoms with van der Waals surface area (Å²) in [6, 6.07) is 20.4. The van der Waals surface area contributed by atoms with Crippen LogP contribution in [0, 0.1) is 11.8 Å². The van der Waals surface area contributed by atoms with Crippen molar-refractivity contribution in [1.82, 2.24) is 0 Å². The van der Waals surface area contributed by atoms with Crippen molar-refractivity contribution in [2.24, 2.45) is 11.8 Å². The number of hydrogen-bond acceptors (Lipinski definition) is 0. The van der Waals surface area contributed by atoms with Crippen LogP contribution in [0.25, 0.3) is 5.57 Å². The summed E-state index contributed by atoms with van der Waals surface area (Å²) in [6.45, 7) is 16.9. The molecule has 2 heteroatoms. The summed E-state index contributed by atoms with van der Waals surface area (Å²) < 4.78 is 7.87. The van der Waals surface area contributed by atoms with Crippen LogP contribution >= 0.6 is 0 Å². The van der Waals surface area contributed by atoms with E-state index in [-0.39, 0.29) is 0 Å². The third-order valence-electron chi connectivity index (χ3n) is 8.28. The molecule has 2 aromatic rings. The van der Waals surface area contributed by atoms with Crippen molar-refractivity contribution in [3.63, 3.8) is 0 Å². The molecule has 0 amide bonds. The van der Waals surface area contributed by atoms with Gasteiger partial charge in [0.05, 0.1) is 0 Å². The van der Waals surface area contributed by atoms with Gasteiger partial charge in [-0.05, 0) is 0 Å². The Labute approximate surface area is 192 Å². The fourth-order valence-corrected chi connectivity index (χ4v) is 27.8. The van der Waals surface area contributed by atoms with Crippen molar-refractivity contribution >= 4 is 12.5 Å². The minimum atomic E-state index is -3.44. The Balaban J connectivity index is 2.07. The minimum absolute atomic E-state index is 0.526. The van der Waals surface area contributed by atoms with Crippen molar-refractivity contribution in [1.29, 1.82) is 0 Å². The average molecular weight is 506 g/mol. The van der Waals surface area contributed by atoms with Gasteiger partial charge in [-0.25, -0.2) is 0 Å². The number of rotatable bonds is 4. The molecule has 0 saturated heterocycles. The van der Waals surface area contributed by atoms with Gasteiger partial charge in [-0.3, -0.25) is 0 Å². The molecule has 0 aromatic heterocycles. The second-order valence-corrected chi connectivity index (χ2v) is 40.7. The van der Waals surface area contributed by atoms with E-state index in [4.69, 9.17) is 0 Å². The standard InChI is InChI=1S/C18H17.C9H13.2CH3.H2Si.Zr/c1-13(2)17-12-15-10-6-7-11-16(15)18(17)14-8-4-3-5-9-14;1-6-5-7(2)9(4)8(6)3;;;;/h3-13H,1-2H3;6H,1-4H3;2*1H3;1H2;. The molecule has 2 aliphatic carbocycles. The van der Waals surface area contributed by atoms with E-state index >= 15 is 0 Å². The molecule has 0 spiro atoms.